The summed E-state index contributed by atoms with van der Waals surface area (Å²) < 4.78 is 39.8. The van der Waals surface area contributed by atoms with Crippen LogP contribution in [0.25, 0.3) is 0 Å². The monoisotopic (exact) mass is 336 g/mol. The Bertz CT molecular complexity index is 645. The number of aliphatic hydroxyl groups is 1. The predicted octanol–water partition coefficient (Wildman–Crippen LogP) is 1.99. The summed E-state index contributed by atoms with van der Waals surface area (Å²) in [5.74, 6) is -1.03. The molecule has 5 nitrogen and oxygen atoms in total. The smallest absolute Gasteiger partial charge is 0.245 e. The molecule has 1 aliphatic rings. The van der Waals surface area contributed by atoms with Gasteiger partial charge in [-0.3, -0.25) is 0 Å². The number of likely N-dealkylation sites (N-methyl/N-ethyl adjacent to an activating group) is 1. The van der Waals surface area contributed by atoms with Gasteiger partial charge in [0.25, 0.3) is 0 Å². The summed E-state index contributed by atoms with van der Waals surface area (Å²) >= 11 is 5.64. The lowest BCUT2D eigenvalue weighted by molar-refractivity contribution is 0.0333. The first-order valence-electron chi connectivity index (χ1n) is 6.59. The average molecular weight is 337 g/mol. The van der Waals surface area contributed by atoms with Crippen LogP contribution < -0.4 is 5.73 Å². The highest BCUT2D eigenvalue weighted by Crippen LogP contribution is 2.32. The van der Waals surface area contributed by atoms with E-state index >= 15 is 0 Å². The van der Waals surface area contributed by atoms with Gasteiger partial charge in [0.1, 0.15) is 4.90 Å². The third-order valence-corrected chi connectivity index (χ3v) is 5.83. The molecular formula is C13H18ClFN2O3S. The molecule has 2 rings (SSSR count). The number of sulfonamides is 1. The molecule has 1 aromatic carbocycles. The largest absolute Gasteiger partial charge is 0.399 e. The van der Waals surface area contributed by atoms with Gasteiger partial charge in [0.05, 0.1) is 10.6 Å². The Hall–Kier alpha value is -0.890. The topological polar surface area (TPSA) is 83.6 Å². The highest BCUT2D eigenvalue weighted by atomic mass is 35.5. The SMILES string of the molecule is CN(CC1(O)CCCC1)S(=O)(=O)c1cc(N)cc(Cl)c1F. The predicted molar refractivity (Wildman–Crippen MR) is 79.1 cm³/mol. The van der Waals surface area contributed by atoms with E-state index in [4.69, 9.17) is 17.3 Å². The second-order valence-electron chi connectivity index (χ2n) is 5.51. The maximum atomic E-state index is 14.0. The van der Waals surface area contributed by atoms with Crippen molar-refractivity contribution in [1.82, 2.24) is 4.31 Å². The number of nitrogen functional groups attached to an aromatic ring is 1. The van der Waals surface area contributed by atoms with E-state index in [0.717, 1.165) is 29.3 Å². The van der Waals surface area contributed by atoms with E-state index in [1.54, 1.807) is 0 Å². The van der Waals surface area contributed by atoms with Crippen LogP contribution >= 0.6 is 11.6 Å². The molecule has 21 heavy (non-hydrogen) atoms. The minimum absolute atomic E-state index is 0.0629. The van der Waals surface area contributed by atoms with Gasteiger partial charge in [0.15, 0.2) is 5.82 Å². The van der Waals surface area contributed by atoms with Crippen molar-refractivity contribution in [3.8, 4) is 0 Å². The highest BCUT2D eigenvalue weighted by Gasteiger charge is 2.36. The van der Waals surface area contributed by atoms with Gasteiger partial charge >= 0.3 is 0 Å². The van der Waals surface area contributed by atoms with Gasteiger partial charge in [-0.1, -0.05) is 24.4 Å². The normalized spacial score (nSPS) is 18.3. The third-order valence-electron chi connectivity index (χ3n) is 3.76. The molecule has 118 valence electrons. The van der Waals surface area contributed by atoms with Crippen molar-refractivity contribution in [3.63, 3.8) is 0 Å². The average Bonchev–Trinajstić information content (AvgIpc) is 2.80. The summed E-state index contributed by atoms with van der Waals surface area (Å²) in [7, 11) is -2.80. The van der Waals surface area contributed by atoms with Crippen molar-refractivity contribution < 1.29 is 17.9 Å². The van der Waals surface area contributed by atoms with E-state index in [2.05, 4.69) is 0 Å². The molecule has 0 bridgehead atoms. The lowest BCUT2D eigenvalue weighted by Gasteiger charge is -2.28. The molecule has 1 aliphatic carbocycles. The van der Waals surface area contributed by atoms with Crippen LogP contribution in [0.1, 0.15) is 25.7 Å². The molecule has 0 radical (unpaired) electrons. The van der Waals surface area contributed by atoms with Gasteiger partial charge in [-0.15, -0.1) is 0 Å². The van der Waals surface area contributed by atoms with Crippen LogP contribution in [-0.4, -0.2) is 37.0 Å². The molecule has 0 aromatic heterocycles. The highest BCUT2D eigenvalue weighted by molar-refractivity contribution is 7.89. The van der Waals surface area contributed by atoms with Crippen LogP contribution in [0.15, 0.2) is 17.0 Å². The number of benzene rings is 1. The molecule has 0 heterocycles. The molecular weight excluding hydrogens is 319 g/mol. The van der Waals surface area contributed by atoms with Gasteiger partial charge in [-0.05, 0) is 25.0 Å². The summed E-state index contributed by atoms with van der Waals surface area (Å²) in [4.78, 5) is -0.573. The van der Waals surface area contributed by atoms with Crippen LogP contribution in [0, 0.1) is 5.82 Å². The van der Waals surface area contributed by atoms with Gasteiger partial charge < -0.3 is 10.8 Å². The number of rotatable bonds is 4. The Morgan fingerprint density at radius 1 is 1.43 bits per heavy atom. The molecule has 0 saturated heterocycles. The number of hydrogen-bond donors (Lipinski definition) is 2. The summed E-state index contributed by atoms with van der Waals surface area (Å²) in [6, 6.07) is 2.19. The first kappa shape index (κ1) is 16.5. The standard InChI is InChI=1S/C13H18ClFN2O3S/c1-17(8-13(18)4-2-3-5-13)21(19,20)11-7-9(16)6-10(14)12(11)15/h6-7,18H,2-5,8,16H2,1H3. The first-order chi connectivity index (χ1) is 9.66. The maximum Gasteiger partial charge on any atom is 0.245 e. The molecule has 1 fully saturated rings. The number of anilines is 1. The van der Waals surface area contributed by atoms with E-state index in [0.29, 0.717) is 12.8 Å². The molecule has 0 unspecified atom stereocenters. The Kier molecular flexibility index (Phi) is 4.49. The zero-order valence-corrected chi connectivity index (χ0v) is 13.2. The van der Waals surface area contributed by atoms with E-state index < -0.39 is 26.3 Å². The Labute approximate surface area is 128 Å². The van der Waals surface area contributed by atoms with Crippen molar-refractivity contribution in [2.45, 2.75) is 36.2 Å². The van der Waals surface area contributed by atoms with Crippen molar-refractivity contribution in [1.29, 1.82) is 0 Å². The number of halogens is 2. The zero-order chi connectivity index (χ0) is 15.8. The maximum absolute atomic E-state index is 14.0. The fourth-order valence-corrected chi connectivity index (χ4v) is 4.28. The van der Waals surface area contributed by atoms with Crippen molar-refractivity contribution in [2.24, 2.45) is 0 Å². The number of nitrogens with two attached hydrogens (primary N) is 1. The van der Waals surface area contributed by atoms with E-state index in [1.165, 1.54) is 7.05 Å². The third kappa shape index (κ3) is 3.31. The fraction of sp³-hybridized carbons (Fsp3) is 0.538. The van der Waals surface area contributed by atoms with E-state index in [9.17, 15) is 17.9 Å². The van der Waals surface area contributed by atoms with Crippen molar-refractivity contribution in [3.05, 3.63) is 23.0 Å². The van der Waals surface area contributed by atoms with Crippen molar-refractivity contribution in [2.75, 3.05) is 19.3 Å². The Morgan fingerprint density at radius 2 is 2.00 bits per heavy atom. The second-order valence-corrected chi connectivity index (χ2v) is 7.93. The minimum Gasteiger partial charge on any atom is -0.399 e. The summed E-state index contributed by atoms with van der Waals surface area (Å²) in [6.07, 6.45) is 2.77. The molecule has 0 atom stereocenters. The van der Waals surface area contributed by atoms with Crippen LogP contribution in [0.5, 0.6) is 0 Å². The van der Waals surface area contributed by atoms with E-state index in [1.807, 2.05) is 0 Å². The molecule has 1 aromatic rings. The van der Waals surface area contributed by atoms with Gasteiger partial charge in [-0.25, -0.2) is 12.8 Å². The fourth-order valence-electron chi connectivity index (χ4n) is 2.63. The lowest BCUT2D eigenvalue weighted by Crippen LogP contribution is -2.42. The van der Waals surface area contributed by atoms with Gasteiger partial charge in [0, 0.05) is 19.3 Å². The summed E-state index contributed by atoms with van der Waals surface area (Å²) in [5, 5.41) is 9.95. The number of nitrogens with zero attached hydrogens (tertiary/aromatic N) is 1. The Morgan fingerprint density at radius 3 is 2.57 bits per heavy atom. The molecule has 1 saturated carbocycles. The summed E-state index contributed by atoms with van der Waals surface area (Å²) in [5.41, 5.74) is 4.54. The second kappa shape index (κ2) is 5.72. The molecule has 8 heteroatoms. The molecule has 0 aliphatic heterocycles. The first-order valence-corrected chi connectivity index (χ1v) is 8.41. The molecule has 3 N–H and O–H groups in total. The van der Waals surface area contributed by atoms with Crippen LogP contribution in [0.3, 0.4) is 0 Å². The Balaban J connectivity index is 2.33. The van der Waals surface area contributed by atoms with Gasteiger partial charge in [0.2, 0.25) is 10.0 Å². The van der Waals surface area contributed by atoms with E-state index in [-0.39, 0.29) is 17.3 Å². The lowest BCUT2D eigenvalue weighted by atomic mass is 10.0. The van der Waals surface area contributed by atoms with Gasteiger partial charge in [-0.2, -0.15) is 4.31 Å². The summed E-state index contributed by atoms with van der Waals surface area (Å²) in [6.45, 7) is -0.0822. The zero-order valence-electron chi connectivity index (χ0n) is 11.6. The van der Waals surface area contributed by atoms with Crippen LogP contribution in [0.2, 0.25) is 5.02 Å². The molecule has 0 spiro atoms. The molecule has 0 amide bonds. The quantitative estimate of drug-likeness (QED) is 0.824. The minimum atomic E-state index is -4.11. The van der Waals surface area contributed by atoms with Crippen molar-refractivity contribution >= 4 is 27.3 Å². The van der Waals surface area contributed by atoms with Crippen LogP contribution in [0.4, 0.5) is 10.1 Å². The van der Waals surface area contributed by atoms with Crippen LogP contribution in [-0.2, 0) is 10.0 Å². The number of hydrogen-bond acceptors (Lipinski definition) is 4.